The third-order valence-electron chi connectivity index (χ3n) is 2.80. The van der Waals surface area contributed by atoms with E-state index in [4.69, 9.17) is 0 Å². The van der Waals surface area contributed by atoms with Crippen LogP contribution in [-0.4, -0.2) is 11.9 Å². The number of nitrogens with one attached hydrogen (secondary N) is 1. The van der Waals surface area contributed by atoms with Gasteiger partial charge in [0.15, 0.2) is 0 Å². The van der Waals surface area contributed by atoms with Crippen molar-refractivity contribution in [3.63, 3.8) is 0 Å². The van der Waals surface area contributed by atoms with Gasteiger partial charge in [-0.3, -0.25) is 4.79 Å². The van der Waals surface area contributed by atoms with Gasteiger partial charge >= 0.3 is 0 Å². The molecule has 1 N–H and O–H groups in total. The Balaban J connectivity index is 1.99. The van der Waals surface area contributed by atoms with Crippen molar-refractivity contribution in [3.8, 4) is 0 Å². The Morgan fingerprint density at radius 2 is 2.17 bits per heavy atom. The van der Waals surface area contributed by atoms with Gasteiger partial charge < -0.3 is 5.32 Å². The average molecular weight is 259 g/mol. The number of hydrogen-bond donors (Lipinski definition) is 1. The highest BCUT2D eigenvalue weighted by Gasteiger charge is 2.19. The van der Waals surface area contributed by atoms with Crippen LogP contribution in [0.5, 0.6) is 0 Å². The largest absolute Gasteiger partial charge is 0.349 e. The fourth-order valence-corrected chi connectivity index (χ4v) is 2.99. The molecule has 2 nitrogen and oxygen atoms in total. The smallest absolute Gasteiger partial charge is 0.245 e. The van der Waals surface area contributed by atoms with Crippen LogP contribution in [0.3, 0.4) is 0 Å². The van der Waals surface area contributed by atoms with Gasteiger partial charge in [-0.15, -0.1) is 6.58 Å². The predicted molar refractivity (Wildman–Crippen MR) is 76.4 cm³/mol. The van der Waals surface area contributed by atoms with E-state index in [0.717, 1.165) is 24.2 Å². The van der Waals surface area contributed by atoms with E-state index in [2.05, 4.69) is 24.0 Å². The molecule has 3 heteroatoms. The standard InChI is InChI=1S/C15H17NOS/c1-2-3-7-12-10-14(11-15(17)16-12)18-13-8-5-4-6-9-13/h2,4-6,8-9,11-12H,1,3,7,10H2,(H,16,17). The number of carbonyl (C=O) groups is 1. The summed E-state index contributed by atoms with van der Waals surface area (Å²) in [5, 5.41) is 2.99. The molecule has 1 aliphatic heterocycles. The first-order valence-electron chi connectivity index (χ1n) is 6.13. The van der Waals surface area contributed by atoms with E-state index in [1.165, 1.54) is 4.90 Å². The van der Waals surface area contributed by atoms with E-state index in [0.29, 0.717) is 0 Å². The van der Waals surface area contributed by atoms with E-state index >= 15 is 0 Å². The van der Waals surface area contributed by atoms with Crippen LogP contribution >= 0.6 is 11.8 Å². The second-order valence-electron chi connectivity index (χ2n) is 4.30. The Hall–Kier alpha value is -1.48. The van der Waals surface area contributed by atoms with Crippen LogP contribution in [0.25, 0.3) is 0 Å². The number of rotatable bonds is 5. The molecular formula is C15H17NOS. The van der Waals surface area contributed by atoms with Crippen molar-refractivity contribution < 1.29 is 4.79 Å². The minimum atomic E-state index is 0.0220. The van der Waals surface area contributed by atoms with Gasteiger partial charge in [-0.05, 0) is 36.3 Å². The van der Waals surface area contributed by atoms with Gasteiger partial charge in [0.25, 0.3) is 0 Å². The van der Waals surface area contributed by atoms with E-state index in [1.807, 2.05) is 24.3 Å². The van der Waals surface area contributed by atoms with Gasteiger partial charge in [-0.1, -0.05) is 36.0 Å². The molecule has 1 unspecified atom stereocenters. The number of allylic oxidation sites excluding steroid dienone is 1. The molecule has 1 aromatic carbocycles. The lowest BCUT2D eigenvalue weighted by Gasteiger charge is -2.23. The monoisotopic (exact) mass is 259 g/mol. The van der Waals surface area contributed by atoms with Crippen LogP contribution in [0.4, 0.5) is 0 Å². The van der Waals surface area contributed by atoms with Gasteiger partial charge in [-0.25, -0.2) is 0 Å². The summed E-state index contributed by atoms with van der Waals surface area (Å²) in [6, 6.07) is 10.4. The van der Waals surface area contributed by atoms with E-state index in [9.17, 15) is 4.79 Å². The van der Waals surface area contributed by atoms with Crippen molar-refractivity contribution in [2.24, 2.45) is 0 Å². The number of carbonyl (C=O) groups excluding carboxylic acids is 1. The van der Waals surface area contributed by atoms with Crippen molar-refractivity contribution in [3.05, 3.63) is 54.0 Å². The molecule has 1 heterocycles. The molecule has 94 valence electrons. The van der Waals surface area contributed by atoms with Crippen LogP contribution in [0.2, 0.25) is 0 Å². The van der Waals surface area contributed by atoms with Gasteiger partial charge in [0.2, 0.25) is 5.91 Å². The molecule has 0 aliphatic carbocycles. The Bertz CT molecular complexity index is 453. The maximum atomic E-state index is 11.6. The number of benzene rings is 1. The number of thioether (sulfide) groups is 1. The van der Waals surface area contributed by atoms with Crippen LogP contribution in [-0.2, 0) is 4.79 Å². The summed E-state index contributed by atoms with van der Waals surface area (Å²) in [7, 11) is 0. The van der Waals surface area contributed by atoms with Gasteiger partial charge in [0.05, 0.1) is 0 Å². The summed E-state index contributed by atoms with van der Waals surface area (Å²) in [5.74, 6) is 0.0220. The van der Waals surface area contributed by atoms with E-state index in [-0.39, 0.29) is 11.9 Å². The minimum absolute atomic E-state index is 0.0220. The summed E-state index contributed by atoms with van der Waals surface area (Å²) >= 11 is 1.68. The van der Waals surface area contributed by atoms with Crippen molar-refractivity contribution in [1.82, 2.24) is 5.32 Å². The zero-order valence-electron chi connectivity index (χ0n) is 10.3. The lowest BCUT2D eigenvalue weighted by atomic mass is 10.0. The molecule has 0 bridgehead atoms. The topological polar surface area (TPSA) is 29.1 Å². The predicted octanol–water partition coefficient (Wildman–Crippen LogP) is 3.52. The van der Waals surface area contributed by atoms with Crippen molar-refractivity contribution in [2.75, 3.05) is 0 Å². The highest BCUT2D eigenvalue weighted by molar-refractivity contribution is 8.03. The zero-order valence-corrected chi connectivity index (χ0v) is 11.1. The van der Waals surface area contributed by atoms with Crippen LogP contribution < -0.4 is 5.32 Å². The van der Waals surface area contributed by atoms with Crippen LogP contribution in [0, 0.1) is 0 Å². The molecule has 0 spiro atoms. The van der Waals surface area contributed by atoms with Crippen LogP contribution in [0.15, 0.2) is 58.9 Å². The van der Waals surface area contributed by atoms with Gasteiger partial charge in [-0.2, -0.15) is 0 Å². The van der Waals surface area contributed by atoms with E-state index in [1.54, 1.807) is 17.8 Å². The fraction of sp³-hybridized carbons (Fsp3) is 0.267. The van der Waals surface area contributed by atoms with E-state index < -0.39 is 0 Å². The molecule has 1 aliphatic rings. The summed E-state index contributed by atoms with van der Waals surface area (Å²) in [5.41, 5.74) is 0. The Morgan fingerprint density at radius 1 is 1.39 bits per heavy atom. The molecule has 2 rings (SSSR count). The fourth-order valence-electron chi connectivity index (χ4n) is 1.95. The number of amides is 1. The van der Waals surface area contributed by atoms with Gasteiger partial charge in [0.1, 0.15) is 0 Å². The molecule has 1 aromatic rings. The Morgan fingerprint density at radius 3 is 2.89 bits per heavy atom. The van der Waals surface area contributed by atoms with Crippen LogP contribution in [0.1, 0.15) is 19.3 Å². The highest BCUT2D eigenvalue weighted by atomic mass is 32.2. The average Bonchev–Trinajstić information content (AvgIpc) is 2.37. The molecular weight excluding hydrogens is 242 g/mol. The molecule has 0 radical (unpaired) electrons. The zero-order chi connectivity index (χ0) is 12.8. The molecule has 0 saturated carbocycles. The second kappa shape index (κ2) is 6.45. The van der Waals surface area contributed by atoms with Crippen molar-refractivity contribution in [1.29, 1.82) is 0 Å². The lowest BCUT2D eigenvalue weighted by Crippen LogP contribution is -2.37. The third-order valence-corrected chi connectivity index (χ3v) is 3.85. The second-order valence-corrected chi connectivity index (χ2v) is 5.50. The Kier molecular flexibility index (Phi) is 4.65. The maximum absolute atomic E-state index is 11.6. The van der Waals surface area contributed by atoms with Gasteiger partial charge in [0, 0.05) is 17.0 Å². The summed E-state index contributed by atoms with van der Waals surface area (Å²) in [6.07, 6.45) is 6.42. The Labute approximate surface area is 112 Å². The number of hydrogen-bond acceptors (Lipinski definition) is 2. The maximum Gasteiger partial charge on any atom is 0.245 e. The molecule has 0 aromatic heterocycles. The highest BCUT2D eigenvalue weighted by Crippen LogP contribution is 2.31. The molecule has 1 atom stereocenters. The first kappa shape index (κ1) is 13.0. The van der Waals surface area contributed by atoms with Crippen molar-refractivity contribution in [2.45, 2.75) is 30.2 Å². The molecule has 0 fully saturated rings. The summed E-state index contributed by atoms with van der Waals surface area (Å²) in [6.45, 7) is 3.72. The molecule has 0 saturated heterocycles. The SMILES string of the molecule is C=CCCC1CC(Sc2ccccc2)=CC(=O)N1. The minimum Gasteiger partial charge on any atom is -0.349 e. The molecule has 18 heavy (non-hydrogen) atoms. The van der Waals surface area contributed by atoms with Crippen molar-refractivity contribution >= 4 is 17.7 Å². The summed E-state index contributed by atoms with van der Waals surface area (Å²) < 4.78 is 0. The normalized spacial score (nSPS) is 19.0. The first-order valence-corrected chi connectivity index (χ1v) is 6.94. The quantitative estimate of drug-likeness (QED) is 0.820. The molecule has 1 amide bonds. The summed E-state index contributed by atoms with van der Waals surface area (Å²) in [4.78, 5) is 13.9. The lowest BCUT2D eigenvalue weighted by molar-refractivity contribution is -0.117. The third kappa shape index (κ3) is 3.77. The first-order chi connectivity index (χ1) is 8.78.